The van der Waals surface area contributed by atoms with Crippen LogP contribution in [0.2, 0.25) is 0 Å². The maximum Gasteiger partial charge on any atom is 0.234 e. The van der Waals surface area contributed by atoms with Gasteiger partial charge in [0, 0.05) is 31.2 Å². The quantitative estimate of drug-likeness (QED) is 0.771. The summed E-state index contributed by atoms with van der Waals surface area (Å²) in [5.74, 6) is -0.392. The van der Waals surface area contributed by atoms with E-state index in [0.29, 0.717) is 18.5 Å². The molecular formula is C22H26FN3O2. The van der Waals surface area contributed by atoms with E-state index in [1.54, 1.807) is 18.2 Å². The summed E-state index contributed by atoms with van der Waals surface area (Å²) in [7, 11) is 0. The number of hydrogen-bond donors (Lipinski definition) is 2. The van der Waals surface area contributed by atoms with Gasteiger partial charge in [0.1, 0.15) is 5.82 Å². The van der Waals surface area contributed by atoms with Gasteiger partial charge in [0.15, 0.2) is 0 Å². The predicted octanol–water partition coefficient (Wildman–Crippen LogP) is 2.27. The lowest BCUT2D eigenvalue weighted by atomic mass is 10.0. The highest BCUT2D eigenvalue weighted by molar-refractivity contribution is 5.79. The van der Waals surface area contributed by atoms with Crippen LogP contribution < -0.4 is 10.6 Å². The molecule has 0 aromatic heterocycles. The average molecular weight is 383 g/mol. The first-order valence-electron chi connectivity index (χ1n) is 9.66. The molecule has 0 unspecified atom stereocenters. The van der Waals surface area contributed by atoms with Crippen molar-refractivity contribution in [1.29, 1.82) is 0 Å². The highest BCUT2D eigenvalue weighted by atomic mass is 19.1. The van der Waals surface area contributed by atoms with Crippen molar-refractivity contribution in [3.63, 3.8) is 0 Å². The molecule has 2 amide bonds. The summed E-state index contributed by atoms with van der Waals surface area (Å²) in [6.45, 7) is 1.99. The minimum atomic E-state index is -0.310. The highest BCUT2D eigenvalue weighted by Gasteiger charge is 2.22. The van der Waals surface area contributed by atoms with Gasteiger partial charge in [-0.25, -0.2) is 4.39 Å². The first kappa shape index (κ1) is 20.0. The maximum atomic E-state index is 13.6. The normalized spacial score (nSPS) is 15.2. The molecule has 1 heterocycles. The zero-order valence-corrected chi connectivity index (χ0v) is 15.9. The summed E-state index contributed by atoms with van der Waals surface area (Å²) in [5.41, 5.74) is 1.49. The third-order valence-corrected chi connectivity index (χ3v) is 4.96. The van der Waals surface area contributed by atoms with Crippen molar-refractivity contribution in [2.45, 2.75) is 31.8 Å². The summed E-state index contributed by atoms with van der Waals surface area (Å²) in [4.78, 5) is 26.3. The monoisotopic (exact) mass is 383 g/mol. The Kier molecular flexibility index (Phi) is 7.14. The van der Waals surface area contributed by atoms with Crippen molar-refractivity contribution in [1.82, 2.24) is 15.5 Å². The molecule has 0 bridgehead atoms. The second-order valence-corrected chi connectivity index (χ2v) is 7.15. The molecular weight excluding hydrogens is 357 g/mol. The van der Waals surface area contributed by atoms with E-state index >= 15 is 0 Å². The van der Waals surface area contributed by atoms with Crippen LogP contribution in [0.1, 0.15) is 24.0 Å². The van der Waals surface area contributed by atoms with Gasteiger partial charge in [-0.2, -0.15) is 0 Å². The molecule has 0 aliphatic carbocycles. The zero-order chi connectivity index (χ0) is 19.8. The van der Waals surface area contributed by atoms with Crippen LogP contribution >= 0.6 is 0 Å². The molecule has 148 valence electrons. The summed E-state index contributed by atoms with van der Waals surface area (Å²) in [5, 5.41) is 5.85. The first-order chi connectivity index (χ1) is 13.6. The van der Waals surface area contributed by atoms with Gasteiger partial charge in [-0.05, 0) is 24.5 Å². The van der Waals surface area contributed by atoms with E-state index in [9.17, 15) is 14.0 Å². The summed E-state index contributed by atoms with van der Waals surface area (Å²) >= 11 is 0. The molecule has 3 rings (SSSR count). The van der Waals surface area contributed by atoms with Crippen LogP contribution in [0.3, 0.4) is 0 Å². The van der Waals surface area contributed by atoms with Crippen LogP contribution in [-0.4, -0.2) is 42.4 Å². The fraction of sp³-hybridized carbons (Fsp3) is 0.364. The standard InChI is InChI=1S/C22H26FN3O2/c23-20-9-5-4-8-18(20)15-24-22(28)16-26-12-10-19(11-13-26)25-21(27)14-17-6-2-1-3-7-17/h1-9,19H,10-16H2,(H,24,28)(H,25,27). The molecule has 28 heavy (non-hydrogen) atoms. The van der Waals surface area contributed by atoms with Crippen LogP contribution in [-0.2, 0) is 22.6 Å². The van der Waals surface area contributed by atoms with Gasteiger partial charge in [-0.15, -0.1) is 0 Å². The van der Waals surface area contributed by atoms with Gasteiger partial charge in [-0.3, -0.25) is 14.5 Å². The average Bonchev–Trinajstić information content (AvgIpc) is 2.69. The number of benzene rings is 2. The number of amides is 2. The Morgan fingerprint density at radius 2 is 1.64 bits per heavy atom. The van der Waals surface area contributed by atoms with E-state index in [1.807, 2.05) is 30.3 Å². The van der Waals surface area contributed by atoms with Crippen LogP contribution in [0.25, 0.3) is 0 Å². The molecule has 0 spiro atoms. The third kappa shape index (κ3) is 6.16. The Balaban J connectivity index is 1.35. The van der Waals surface area contributed by atoms with Gasteiger partial charge in [0.05, 0.1) is 13.0 Å². The number of halogens is 1. The minimum Gasteiger partial charge on any atom is -0.353 e. The van der Waals surface area contributed by atoms with Crippen molar-refractivity contribution in [3.8, 4) is 0 Å². The van der Waals surface area contributed by atoms with Gasteiger partial charge in [0.2, 0.25) is 11.8 Å². The van der Waals surface area contributed by atoms with Crippen molar-refractivity contribution in [2.24, 2.45) is 0 Å². The fourth-order valence-corrected chi connectivity index (χ4v) is 3.39. The number of rotatable bonds is 7. The van der Waals surface area contributed by atoms with E-state index in [-0.39, 0.29) is 30.2 Å². The molecule has 0 atom stereocenters. The summed E-state index contributed by atoms with van der Waals surface area (Å²) < 4.78 is 13.6. The number of carbonyl (C=O) groups excluding carboxylic acids is 2. The Labute approximate surface area is 164 Å². The largest absolute Gasteiger partial charge is 0.353 e. The Morgan fingerprint density at radius 1 is 0.964 bits per heavy atom. The van der Waals surface area contributed by atoms with E-state index in [2.05, 4.69) is 15.5 Å². The van der Waals surface area contributed by atoms with Crippen molar-refractivity contribution in [3.05, 3.63) is 71.5 Å². The lowest BCUT2D eigenvalue weighted by molar-refractivity contribution is -0.124. The lowest BCUT2D eigenvalue weighted by Crippen LogP contribution is -2.47. The second-order valence-electron chi connectivity index (χ2n) is 7.15. The van der Waals surface area contributed by atoms with Crippen LogP contribution in [0.15, 0.2) is 54.6 Å². The SMILES string of the molecule is O=C(CN1CCC(NC(=O)Cc2ccccc2)CC1)NCc1ccccc1F. The number of nitrogens with zero attached hydrogens (tertiary/aromatic N) is 1. The Morgan fingerprint density at radius 3 is 2.36 bits per heavy atom. The zero-order valence-electron chi connectivity index (χ0n) is 15.9. The van der Waals surface area contributed by atoms with Crippen molar-refractivity contribution < 1.29 is 14.0 Å². The number of piperidine rings is 1. The topological polar surface area (TPSA) is 61.4 Å². The fourth-order valence-electron chi connectivity index (χ4n) is 3.39. The van der Waals surface area contributed by atoms with Crippen LogP contribution in [0, 0.1) is 5.82 Å². The minimum absolute atomic E-state index is 0.0345. The van der Waals surface area contributed by atoms with E-state index < -0.39 is 0 Å². The molecule has 2 aromatic carbocycles. The predicted molar refractivity (Wildman–Crippen MR) is 106 cm³/mol. The molecule has 1 fully saturated rings. The smallest absolute Gasteiger partial charge is 0.234 e. The number of carbonyl (C=O) groups is 2. The van der Waals surface area contributed by atoms with Gasteiger partial charge in [-0.1, -0.05) is 48.5 Å². The molecule has 2 N–H and O–H groups in total. The van der Waals surface area contributed by atoms with E-state index in [0.717, 1.165) is 31.5 Å². The molecule has 2 aromatic rings. The maximum absolute atomic E-state index is 13.6. The molecule has 0 saturated carbocycles. The summed E-state index contributed by atoms with van der Waals surface area (Å²) in [6, 6.07) is 16.3. The van der Waals surface area contributed by atoms with Crippen LogP contribution in [0.5, 0.6) is 0 Å². The lowest BCUT2D eigenvalue weighted by Gasteiger charge is -2.31. The van der Waals surface area contributed by atoms with Gasteiger partial charge in [0.25, 0.3) is 0 Å². The van der Waals surface area contributed by atoms with Gasteiger partial charge >= 0.3 is 0 Å². The first-order valence-corrected chi connectivity index (χ1v) is 9.66. The molecule has 1 aliphatic rings. The molecule has 1 saturated heterocycles. The van der Waals surface area contributed by atoms with Crippen LogP contribution in [0.4, 0.5) is 4.39 Å². The van der Waals surface area contributed by atoms with E-state index in [1.165, 1.54) is 6.07 Å². The highest BCUT2D eigenvalue weighted by Crippen LogP contribution is 2.11. The Hall–Kier alpha value is -2.73. The molecule has 5 nitrogen and oxygen atoms in total. The summed E-state index contributed by atoms with van der Waals surface area (Å²) in [6.07, 6.45) is 2.03. The Bertz CT molecular complexity index is 789. The molecule has 0 radical (unpaired) electrons. The number of hydrogen-bond acceptors (Lipinski definition) is 3. The third-order valence-electron chi connectivity index (χ3n) is 4.96. The molecule has 6 heteroatoms. The molecule has 1 aliphatic heterocycles. The van der Waals surface area contributed by atoms with E-state index in [4.69, 9.17) is 0 Å². The second kappa shape index (κ2) is 9.99. The number of likely N-dealkylation sites (tertiary alicyclic amines) is 1. The van der Waals surface area contributed by atoms with Crippen molar-refractivity contribution >= 4 is 11.8 Å². The number of nitrogens with one attached hydrogen (secondary N) is 2. The van der Waals surface area contributed by atoms with Crippen molar-refractivity contribution in [2.75, 3.05) is 19.6 Å². The van der Waals surface area contributed by atoms with Gasteiger partial charge < -0.3 is 10.6 Å².